The zero-order chi connectivity index (χ0) is 16.8. The largest absolute Gasteiger partial charge is 0.493 e. The molecule has 6 heteroatoms. The summed E-state index contributed by atoms with van der Waals surface area (Å²) in [5.74, 6) is 0.888. The number of nitrogens with one attached hydrogen (secondary N) is 1. The number of amides is 1. The van der Waals surface area contributed by atoms with Gasteiger partial charge in [-0.3, -0.25) is 4.79 Å². The molecule has 1 N–H and O–H groups in total. The van der Waals surface area contributed by atoms with E-state index >= 15 is 0 Å². The number of carbonyl (C=O) groups is 1. The molecule has 0 heterocycles. The van der Waals surface area contributed by atoms with E-state index in [4.69, 9.17) is 21.1 Å². The van der Waals surface area contributed by atoms with E-state index in [1.54, 1.807) is 50.6 Å². The van der Waals surface area contributed by atoms with Crippen LogP contribution in [0.2, 0.25) is 5.02 Å². The lowest BCUT2D eigenvalue weighted by atomic mass is 10.1. The lowest BCUT2D eigenvalue weighted by Crippen LogP contribution is -2.07. The van der Waals surface area contributed by atoms with Gasteiger partial charge in [0.1, 0.15) is 0 Å². The van der Waals surface area contributed by atoms with Gasteiger partial charge in [-0.1, -0.05) is 27.5 Å². The summed E-state index contributed by atoms with van der Waals surface area (Å²) in [7, 11) is 3.11. The molecule has 120 valence electrons. The molecule has 0 saturated carbocycles. The number of rotatable bonds is 5. The Morgan fingerprint density at radius 1 is 1.17 bits per heavy atom. The van der Waals surface area contributed by atoms with Crippen molar-refractivity contribution in [2.75, 3.05) is 19.5 Å². The maximum atomic E-state index is 12.0. The SMILES string of the molecule is COc1cc(Br)cc(C=CC(=O)Nc2ccc(Cl)cc2)c1OC. The summed E-state index contributed by atoms with van der Waals surface area (Å²) in [5.41, 5.74) is 1.40. The smallest absolute Gasteiger partial charge is 0.248 e. The molecular weight excluding hydrogens is 382 g/mol. The third kappa shape index (κ3) is 4.74. The van der Waals surface area contributed by atoms with Gasteiger partial charge in [0.25, 0.3) is 0 Å². The predicted molar refractivity (Wildman–Crippen MR) is 96.4 cm³/mol. The van der Waals surface area contributed by atoms with Crippen LogP contribution in [0.1, 0.15) is 5.56 Å². The van der Waals surface area contributed by atoms with Gasteiger partial charge in [0.15, 0.2) is 11.5 Å². The maximum Gasteiger partial charge on any atom is 0.248 e. The fourth-order valence-corrected chi connectivity index (χ4v) is 2.55. The Bertz CT molecular complexity index is 729. The minimum atomic E-state index is -0.256. The fourth-order valence-electron chi connectivity index (χ4n) is 1.97. The summed E-state index contributed by atoms with van der Waals surface area (Å²) in [6.07, 6.45) is 3.09. The monoisotopic (exact) mass is 395 g/mol. The van der Waals surface area contributed by atoms with Gasteiger partial charge in [0.2, 0.25) is 5.91 Å². The average Bonchev–Trinajstić information content (AvgIpc) is 2.54. The second-order valence-electron chi connectivity index (χ2n) is 4.56. The van der Waals surface area contributed by atoms with Crippen molar-refractivity contribution in [1.29, 1.82) is 0 Å². The van der Waals surface area contributed by atoms with Crippen molar-refractivity contribution in [2.24, 2.45) is 0 Å². The van der Waals surface area contributed by atoms with E-state index in [1.807, 2.05) is 6.07 Å². The van der Waals surface area contributed by atoms with Gasteiger partial charge in [-0.25, -0.2) is 0 Å². The Hall–Kier alpha value is -1.98. The van der Waals surface area contributed by atoms with Crippen LogP contribution < -0.4 is 14.8 Å². The summed E-state index contributed by atoms with van der Waals surface area (Å²) in [5, 5.41) is 3.37. The second kappa shape index (κ2) is 8.04. The number of hydrogen-bond donors (Lipinski definition) is 1. The highest BCUT2D eigenvalue weighted by Crippen LogP contribution is 2.35. The molecular formula is C17H15BrClNO3. The minimum absolute atomic E-state index is 0.256. The first kappa shape index (κ1) is 17.4. The summed E-state index contributed by atoms with van der Waals surface area (Å²) in [6, 6.07) is 10.5. The quantitative estimate of drug-likeness (QED) is 0.741. The molecule has 23 heavy (non-hydrogen) atoms. The van der Waals surface area contributed by atoms with E-state index in [-0.39, 0.29) is 5.91 Å². The number of carbonyl (C=O) groups excluding carboxylic acids is 1. The third-order valence-corrected chi connectivity index (χ3v) is 3.71. The van der Waals surface area contributed by atoms with Crippen molar-refractivity contribution in [3.63, 3.8) is 0 Å². The molecule has 0 unspecified atom stereocenters. The standard InChI is InChI=1S/C17H15BrClNO3/c1-22-15-10-12(18)9-11(17(15)23-2)3-8-16(21)20-14-6-4-13(19)5-7-14/h3-10H,1-2H3,(H,20,21). The number of hydrogen-bond acceptors (Lipinski definition) is 3. The summed E-state index contributed by atoms with van der Waals surface area (Å²) >= 11 is 9.21. The predicted octanol–water partition coefficient (Wildman–Crippen LogP) is 4.77. The number of ether oxygens (including phenoxy) is 2. The van der Waals surface area contributed by atoms with Crippen molar-refractivity contribution in [1.82, 2.24) is 0 Å². The van der Waals surface area contributed by atoms with Gasteiger partial charge in [-0.2, -0.15) is 0 Å². The Morgan fingerprint density at radius 3 is 2.48 bits per heavy atom. The lowest BCUT2D eigenvalue weighted by Gasteiger charge is -2.11. The molecule has 0 atom stereocenters. The minimum Gasteiger partial charge on any atom is -0.493 e. The lowest BCUT2D eigenvalue weighted by molar-refractivity contribution is -0.111. The summed E-state index contributed by atoms with van der Waals surface area (Å²) in [6.45, 7) is 0. The van der Waals surface area contributed by atoms with Crippen LogP contribution in [-0.4, -0.2) is 20.1 Å². The van der Waals surface area contributed by atoms with Crippen LogP contribution in [0.5, 0.6) is 11.5 Å². The number of methoxy groups -OCH3 is 2. The Kier molecular flexibility index (Phi) is 6.07. The van der Waals surface area contributed by atoms with Crippen molar-refractivity contribution < 1.29 is 14.3 Å². The molecule has 1 amide bonds. The van der Waals surface area contributed by atoms with Gasteiger partial charge in [0.05, 0.1) is 14.2 Å². The zero-order valence-electron chi connectivity index (χ0n) is 12.6. The highest BCUT2D eigenvalue weighted by molar-refractivity contribution is 9.10. The van der Waals surface area contributed by atoms with Gasteiger partial charge in [0, 0.05) is 26.8 Å². The van der Waals surface area contributed by atoms with E-state index in [2.05, 4.69) is 21.2 Å². The van der Waals surface area contributed by atoms with Gasteiger partial charge in [-0.15, -0.1) is 0 Å². The molecule has 2 rings (SSSR count). The van der Waals surface area contributed by atoms with Crippen LogP contribution in [0.3, 0.4) is 0 Å². The molecule has 0 radical (unpaired) electrons. The second-order valence-corrected chi connectivity index (χ2v) is 5.91. The molecule has 4 nitrogen and oxygen atoms in total. The Balaban J connectivity index is 2.17. The van der Waals surface area contributed by atoms with Crippen LogP contribution in [0.25, 0.3) is 6.08 Å². The Labute approximate surface area is 148 Å². The molecule has 0 bridgehead atoms. The first-order chi connectivity index (χ1) is 11.0. The number of anilines is 1. The third-order valence-electron chi connectivity index (χ3n) is 3.00. The van der Waals surface area contributed by atoms with Gasteiger partial charge >= 0.3 is 0 Å². The van der Waals surface area contributed by atoms with Crippen molar-refractivity contribution in [3.05, 3.63) is 57.5 Å². The van der Waals surface area contributed by atoms with Crippen LogP contribution in [-0.2, 0) is 4.79 Å². The Morgan fingerprint density at radius 2 is 1.87 bits per heavy atom. The van der Waals surface area contributed by atoms with Crippen LogP contribution in [0, 0.1) is 0 Å². The first-order valence-corrected chi connectivity index (χ1v) is 7.86. The zero-order valence-corrected chi connectivity index (χ0v) is 14.9. The van der Waals surface area contributed by atoms with Gasteiger partial charge in [-0.05, 0) is 42.5 Å². The molecule has 0 spiro atoms. The van der Waals surface area contributed by atoms with Crippen molar-refractivity contribution in [2.45, 2.75) is 0 Å². The van der Waals surface area contributed by atoms with Crippen molar-refractivity contribution >= 4 is 45.2 Å². The highest BCUT2D eigenvalue weighted by atomic mass is 79.9. The molecule has 0 saturated heterocycles. The molecule has 0 aromatic heterocycles. The van der Waals surface area contributed by atoms with E-state index < -0.39 is 0 Å². The van der Waals surface area contributed by atoms with E-state index in [1.165, 1.54) is 6.08 Å². The van der Waals surface area contributed by atoms with Crippen molar-refractivity contribution in [3.8, 4) is 11.5 Å². The average molecular weight is 397 g/mol. The molecule has 0 aliphatic heterocycles. The van der Waals surface area contributed by atoms with E-state index in [0.717, 1.165) is 10.0 Å². The molecule has 2 aromatic rings. The van der Waals surface area contributed by atoms with E-state index in [9.17, 15) is 4.79 Å². The van der Waals surface area contributed by atoms with Crippen LogP contribution >= 0.6 is 27.5 Å². The first-order valence-electron chi connectivity index (χ1n) is 6.69. The van der Waals surface area contributed by atoms with E-state index in [0.29, 0.717) is 22.2 Å². The van der Waals surface area contributed by atoms with Crippen LogP contribution in [0.15, 0.2) is 46.9 Å². The number of halogens is 2. The normalized spacial score (nSPS) is 10.6. The summed E-state index contributed by atoms with van der Waals surface area (Å²) < 4.78 is 11.4. The number of benzene rings is 2. The van der Waals surface area contributed by atoms with Crippen LogP contribution in [0.4, 0.5) is 5.69 Å². The summed E-state index contributed by atoms with van der Waals surface area (Å²) in [4.78, 5) is 12.0. The molecule has 0 fully saturated rings. The maximum absolute atomic E-state index is 12.0. The molecule has 0 aliphatic rings. The fraction of sp³-hybridized carbons (Fsp3) is 0.118. The topological polar surface area (TPSA) is 47.6 Å². The molecule has 2 aromatic carbocycles. The van der Waals surface area contributed by atoms with Gasteiger partial charge < -0.3 is 14.8 Å². The highest BCUT2D eigenvalue weighted by Gasteiger charge is 2.10. The molecule has 0 aliphatic carbocycles.